The predicted molar refractivity (Wildman–Crippen MR) is 161 cm³/mol. The van der Waals surface area contributed by atoms with Gasteiger partial charge in [-0.2, -0.15) is 14.0 Å². The lowest BCUT2D eigenvalue weighted by molar-refractivity contribution is -0.355. The van der Waals surface area contributed by atoms with Gasteiger partial charge in [-0.1, -0.05) is 76.2 Å². The summed E-state index contributed by atoms with van der Waals surface area (Å²) in [7, 11) is 0. The maximum absolute atomic E-state index is 16.0. The fourth-order valence-electron chi connectivity index (χ4n) is 8.94. The average Bonchev–Trinajstić information content (AvgIpc) is 2.71. The van der Waals surface area contributed by atoms with E-state index in [-0.39, 0.29) is 45.8 Å². The van der Waals surface area contributed by atoms with Crippen molar-refractivity contribution in [1.82, 2.24) is 0 Å². The molecule has 7 unspecified atom stereocenters. The predicted octanol–water partition coefficient (Wildman–Crippen LogP) is 11.2. The first-order valence-electron chi connectivity index (χ1n) is 15.8. The van der Waals surface area contributed by atoms with E-state index >= 15 is 13.2 Å². The molecule has 0 N–H and O–H groups in total. The summed E-state index contributed by atoms with van der Waals surface area (Å²) in [4.78, 5) is 0. The molecule has 1 heterocycles. The van der Waals surface area contributed by atoms with Crippen LogP contribution in [0.3, 0.4) is 0 Å². The fraction of sp³-hybridized carbons (Fsp3) is 0.971. The first-order valence-corrected chi connectivity index (χ1v) is 15.8. The molecule has 0 bridgehead atoms. The lowest BCUT2D eigenvalue weighted by atomic mass is 9.47. The van der Waals surface area contributed by atoms with Crippen LogP contribution in [0.1, 0.15) is 142 Å². The zero-order valence-corrected chi connectivity index (χ0v) is 28.4. The summed E-state index contributed by atoms with van der Waals surface area (Å²) < 4.78 is 52.9. The molecule has 2 rings (SSSR count). The molecule has 0 aromatic heterocycles. The number of alkyl halides is 3. The standard InChI is InChI=1S/C35H62F3NO/c1-23(17-20-39)32(10,11)28(26-15-18-31(8,9)40-35(26,37)38)24(2)33(12,13)27(21-29(3,4)5)25-16-19-34(14,36)22-30(25,6)7/h23-28H,15-19,21-22H2,1-14H3. The Morgan fingerprint density at radius 1 is 0.850 bits per heavy atom. The largest absolute Gasteiger partial charge is 0.359 e. The maximum atomic E-state index is 16.0. The van der Waals surface area contributed by atoms with Crippen LogP contribution >= 0.6 is 0 Å². The van der Waals surface area contributed by atoms with E-state index in [1.807, 2.05) is 6.92 Å². The van der Waals surface area contributed by atoms with Gasteiger partial charge >= 0.3 is 6.11 Å². The third kappa shape index (κ3) is 7.79. The van der Waals surface area contributed by atoms with Crippen LogP contribution in [-0.2, 0) is 4.74 Å². The first-order chi connectivity index (χ1) is 17.7. The molecular weight excluding hydrogens is 507 g/mol. The van der Waals surface area contributed by atoms with Gasteiger partial charge in [-0.15, -0.1) is 0 Å². The second-order valence-corrected chi connectivity index (χ2v) is 17.9. The van der Waals surface area contributed by atoms with Crippen LogP contribution in [0.2, 0.25) is 0 Å². The van der Waals surface area contributed by atoms with Crippen LogP contribution in [-0.4, -0.2) is 17.4 Å². The highest BCUT2D eigenvalue weighted by molar-refractivity contribution is 5.05. The molecule has 40 heavy (non-hydrogen) atoms. The molecule has 2 aliphatic rings. The second-order valence-electron chi connectivity index (χ2n) is 17.9. The van der Waals surface area contributed by atoms with E-state index in [2.05, 4.69) is 75.3 Å². The van der Waals surface area contributed by atoms with Crippen molar-refractivity contribution in [3.63, 3.8) is 0 Å². The lowest BCUT2D eigenvalue weighted by Gasteiger charge is -2.59. The fourth-order valence-corrected chi connectivity index (χ4v) is 8.94. The van der Waals surface area contributed by atoms with Crippen molar-refractivity contribution in [2.75, 3.05) is 0 Å². The quantitative estimate of drug-likeness (QED) is 0.277. The molecular formula is C35H62F3NO. The molecule has 0 radical (unpaired) electrons. The van der Waals surface area contributed by atoms with Gasteiger partial charge in [-0.25, -0.2) is 4.39 Å². The molecule has 1 saturated carbocycles. The summed E-state index contributed by atoms with van der Waals surface area (Å²) in [6, 6.07) is 2.31. The highest BCUT2D eigenvalue weighted by atomic mass is 19.3. The van der Waals surface area contributed by atoms with Crippen LogP contribution in [0.4, 0.5) is 13.2 Å². The lowest BCUT2D eigenvalue weighted by Crippen LogP contribution is -2.56. The summed E-state index contributed by atoms with van der Waals surface area (Å²) in [6.45, 7) is 29.5. The highest BCUT2D eigenvalue weighted by Gasteiger charge is 2.60. The van der Waals surface area contributed by atoms with Gasteiger partial charge in [0.25, 0.3) is 0 Å². The van der Waals surface area contributed by atoms with E-state index in [1.54, 1.807) is 20.8 Å². The number of nitrogens with zero attached hydrogens (tertiary/aromatic N) is 1. The molecule has 234 valence electrons. The summed E-state index contributed by atoms with van der Waals surface area (Å²) >= 11 is 0. The molecule has 5 heteroatoms. The molecule has 1 aliphatic heterocycles. The number of ether oxygens (including phenoxy) is 1. The molecule has 0 amide bonds. The number of nitriles is 1. The molecule has 1 saturated heterocycles. The summed E-state index contributed by atoms with van der Waals surface area (Å²) in [5, 5.41) is 9.59. The molecule has 0 aromatic carbocycles. The highest BCUT2D eigenvalue weighted by Crippen LogP contribution is 2.62. The van der Waals surface area contributed by atoms with Gasteiger partial charge in [0, 0.05) is 6.42 Å². The van der Waals surface area contributed by atoms with Gasteiger partial charge in [-0.05, 0) is 111 Å². The number of hydrogen-bond donors (Lipinski definition) is 0. The minimum absolute atomic E-state index is 0.0369. The van der Waals surface area contributed by atoms with Gasteiger partial charge in [0.1, 0.15) is 5.67 Å². The smallest absolute Gasteiger partial charge is 0.314 e. The minimum atomic E-state index is -3.25. The van der Waals surface area contributed by atoms with E-state index in [4.69, 9.17) is 4.74 Å². The Morgan fingerprint density at radius 2 is 1.38 bits per heavy atom. The second kappa shape index (κ2) is 11.4. The van der Waals surface area contributed by atoms with Gasteiger partial charge < -0.3 is 4.74 Å². The Labute approximate surface area is 245 Å². The Bertz CT molecular complexity index is 905. The molecule has 0 aromatic rings. The van der Waals surface area contributed by atoms with E-state index in [9.17, 15) is 5.26 Å². The van der Waals surface area contributed by atoms with Gasteiger partial charge in [-0.3, -0.25) is 0 Å². The number of halogens is 3. The van der Waals surface area contributed by atoms with Crippen LogP contribution in [0.25, 0.3) is 0 Å². The zero-order chi connectivity index (χ0) is 31.3. The minimum Gasteiger partial charge on any atom is -0.314 e. The molecule has 2 nitrogen and oxygen atoms in total. The van der Waals surface area contributed by atoms with Crippen LogP contribution in [0, 0.1) is 68.5 Å². The van der Waals surface area contributed by atoms with Crippen molar-refractivity contribution in [3.8, 4) is 6.07 Å². The Morgan fingerprint density at radius 3 is 1.82 bits per heavy atom. The van der Waals surface area contributed by atoms with Crippen molar-refractivity contribution in [3.05, 3.63) is 0 Å². The van der Waals surface area contributed by atoms with E-state index in [0.717, 1.165) is 12.8 Å². The van der Waals surface area contributed by atoms with Gasteiger partial charge in [0.2, 0.25) is 0 Å². The Hall–Kier alpha value is -0.760. The molecule has 0 spiro atoms. The van der Waals surface area contributed by atoms with E-state index in [0.29, 0.717) is 32.1 Å². The third-order valence-corrected chi connectivity index (χ3v) is 11.7. The topological polar surface area (TPSA) is 33.0 Å². The number of hydrogen-bond acceptors (Lipinski definition) is 2. The van der Waals surface area contributed by atoms with Crippen molar-refractivity contribution in [2.45, 2.75) is 159 Å². The van der Waals surface area contributed by atoms with Gasteiger partial charge in [0.15, 0.2) is 0 Å². The van der Waals surface area contributed by atoms with Crippen LogP contribution < -0.4 is 0 Å². The van der Waals surface area contributed by atoms with Crippen LogP contribution in [0.5, 0.6) is 0 Å². The van der Waals surface area contributed by atoms with Gasteiger partial charge in [0.05, 0.1) is 17.6 Å². The third-order valence-electron chi connectivity index (χ3n) is 11.7. The normalized spacial score (nSPS) is 32.0. The van der Waals surface area contributed by atoms with Crippen LogP contribution in [0.15, 0.2) is 0 Å². The van der Waals surface area contributed by atoms with E-state index in [1.165, 1.54) is 0 Å². The Balaban J connectivity index is 2.68. The summed E-state index contributed by atoms with van der Waals surface area (Å²) in [5.41, 5.74) is -3.03. The van der Waals surface area contributed by atoms with Crippen molar-refractivity contribution >= 4 is 0 Å². The zero-order valence-electron chi connectivity index (χ0n) is 28.4. The summed E-state index contributed by atoms with van der Waals surface area (Å²) in [6.07, 6.45) is 0.886. The average molecular weight is 570 g/mol. The Kier molecular flexibility index (Phi) is 10.1. The summed E-state index contributed by atoms with van der Waals surface area (Å²) in [5.74, 6) is -0.910. The first kappa shape index (κ1) is 35.4. The SMILES string of the molecule is CC(CC#N)C(C)(C)C(C1CCC(C)(C)OC1(F)F)C(C)C(C)(C)C(CC(C)(C)C)C1CCC(C)(F)CC1(C)C. The maximum Gasteiger partial charge on any atom is 0.359 e. The van der Waals surface area contributed by atoms with E-state index < -0.39 is 28.7 Å². The molecule has 1 aliphatic carbocycles. The molecule has 2 fully saturated rings. The molecule has 7 atom stereocenters. The monoisotopic (exact) mass is 569 g/mol. The van der Waals surface area contributed by atoms with Crippen molar-refractivity contribution in [2.24, 2.45) is 57.2 Å². The van der Waals surface area contributed by atoms with Crippen molar-refractivity contribution in [1.29, 1.82) is 5.26 Å². The number of rotatable bonds is 9. The van der Waals surface area contributed by atoms with Crippen molar-refractivity contribution < 1.29 is 17.9 Å².